The molecule has 1 aliphatic heterocycles. The van der Waals surface area contributed by atoms with Crippen LogP contribution in [0.5, 0.6) is 17.2 Å². The summed E-state index contributed by atoms with van der Waals surface area (Å²) in [5, 5.41) is 9.46. The Morgan fingerprint density at radius 2 is 1.94 bits per heavy atom. The SMILES string of the molecule is CCN1C(=O)/C(=C\c2cc(I)c(OCC(=O)O)c(OC)c2)SC1=Nc1ccc(OC)cc1. The Bertz CT molecular complexity index is 1080. The molecule has 0 bridgehead atoms. The molecule has 0 radical (unpaired) electrons. The number of halogens is 1. The standard InChI is InChI=1S/C22H21IN2O6S/c1-4-25-21(28)18(32-22(25)24-14-5-7-15(29-2)8-6-14)11-13-9-16(23)20(17(10-13)30-3)31-12-19(26)27/h5-11H,4,12H2,1-3H3,(H,26,27)/b18-11+,24-22?. The summed E-state index contributed by atoms with van der Waals surface area (Å²) in [7, 11) is 3.08. The number of benzene rings is 2. The molecule has 2 aromatic carbocycles. The highest BCUT2D eigenvalue weighted by Gasteiger charge is 2.32. The summed E-state index contributed by atoms with van der Waals surface area (Å²) in [6.45, 7) is 1.91. The molecule has 0 spiro atoms. The number of carbonyl (C=O) groups excluding carboxylic acids is 1. The fourth-order valence-corrected chi connectivity index (χ4v) is 4.73. The molecule has 0 saturated carbocycles. The quantitative estimate of drug-likeness (QED) is 0.373. The summed E-state index contributed by atoms with van der Waals surface area (Å²) < 4.78 is 16.5. The van der Waals surface area contributed by atoms with Gasteiger partial charge in [0.15, 0.2) is 23.3 Å². The van der Waals surface area contributed by atoms with E-state index in [9.17, 15) is 9.59 Å². The smallest absolute Gasteiger partial charge is 0.341 e. The maximum atomic E-state index is 12.9. The fourth-order valence-electron chi connectivity index (χ4n) is 2.89. The Labute approximate surface area is 203 Å². The highest BCUT2D eigenvalue weighted by Crippen LogP contribution is 2.38. The number of carboxylic acids is 1. The number of amides is 1. The number of hydrogen-bond acceptors (Lipinski definition) is 7. The summed E-state index contributed by atoms with van der Waals surface area (Å²) >= 11 is 3.34. The molecule has 0 aliphatic carbocycles. The molecule has 3 rings (SSSR count). The van der Waals surface area contributed by atoms with Crippen LogP contribution in [0.25, 0.3) is 6.08 Å². The molecule has 1 N–H and O–H groups in total. The van der Waals surface area contributed by atoms with E-state index in [0.717, 1.165) is 17.0 Å². The number of methoxy groups -OCH3 is 2. The lowest BCUT2D eigenvalue weighted by atomic mass is 10.2. The topological polar surface area (TPSA) is 97.7 Å². The van der Waals surface area contributed by atoms with Crippen molar-refractivity contribution in [2.75, 3.05) is 27.4 Å². The van der Waals surface area contributed by atoms with Crippen molar-refractivity contribution in [2.24, 2.45) is 4.99 Å². The van der Waals surface area contributed by atoms with Gasteiger partial charge >= 0.3 is 5.97 Å². The molecule has 0 atom stereocenters. The van der Waals surface area contributed by atoms with Crippen LogP contribution in [0.2, 0.25) is 0 Å². The first-order chi connectivity index (χ1) is 15.4. The van der Waals surface area contributed by atoms with E-state index in [1.807, 2.05) is 53.8 Å². The van der Waals surface area contributed by atoms with Gasteiger partial charge in [0.25, 0.3) is 5.91 Å². The number of rotatable bonds is 8. The van der Waals surface area contributed by atoms with Gasteiger partial charge in [0.1, 0.15) is 5.75 Å². The van der Waals surface area contributed by atoms with E-state index in [4.69, 9.17) is 19.3 Å². The lowest BCUT2D eigenvalue weighted by Gasteiger charge is -2.13. The fraction of sp³-hybridized carbons (Fsp3) is 0.227. The average molecular weight is 568 g/mol. The van der Waals surface area contributed by atoms with Crippen LogP contribution >= 0.6 is 34.4 Å². The Morgan fingerprint density at radius 1 is 1.22 bits per heavy atom. The predicted octanol–water partition coefficient (Wildman–Crippen LogP) is 4.40. The Balaban J connectivity index is 1.90. The molecule has 2 aromatic rings. The second-order valence-corrected chi connectivity index (χ2v) is 8.64. The minimum absolute atomic E-state index is 0.134. The van der Waals surface area contributed by atoms with Crippen LogP contribution in [0, 0.1) is 3.57 Å². The van der Waals surface area contributed by atoms with Crippen LogP contribution < -0.4 is 14.2 Å². The van der Waals surface area contributed by atoms with E-state index in [1.54, 1.807) is 30.2 Å². The second-order valence-electron chi connectivity index (χ2n) is 6.47. The van der Waals surface area contributed by atoms with Gasteiger partial charge < -0.3 is 19.3 Å². The van der Waals surface area contributed by atoms with Crippen LogP contribution in [0.3, 0.4) is 0 Å². The van der Waals surface area contributed by atoms with Crippen molar-refractivity contribution in [3.8, 4) is 17.2 Å². The molecule has 10 heteroatoms. The van der Waals surface area contributed by atoms with Gasteiger partial charge in [-0.25, -0.2) is 9.79 Å². The molecular formula is C22H21IN2O6S. The highest BCUT2D eigenvalue weighted by atomic mass is 127. The molecule has 168 valence electrons. The molecule has 1 aliphatic rings. The maximum Gasteiger partial charge on any atom is 0.341 e. The van der Waals surface area contributed by atoms with Crippen molar-refractivity contribution in [1.29, 1.82) is 0 Å². The molecule has 8 nitrogen and oxygen atoms in total. The molecule has 0 aromatic heterocycles. The number of hydrogen-bond donors (Lipinski definition) is 1. The van der Waals surface area contributed by atoms with Gasteiger partial charge in [-0.05, 0) is 89.3 Å². The molecule has 1 heterocycles. The first-order valence-corrected chi connectivity index (χ1v) is 11.4. The Morgan fingerprint density at radius 3 is 2.53 bits per heavy atom. The lowest BCUT2D eigenvalue weighted by Crippen LogP contribution is -2.28. The zero-order valence-corrected chi connectivity index (χ0v) is 20.6. The van der Waals surface area contributed by atoms with E-state index in [1.165, 1.54) is 18.9 Å². The zero-order valence-electron chi connectivity index (χ0n) is 17.6. The van der Waals surface area contributed by atoms with E-state index in [-0.39, 0.29) is 5.91 Å². The summed E-state index contributed by atoms with van der Waals surface area (Å²) in [5.41, 5.74) is 1.45. The molecule has 0 unspecified atom stereocenters. The van der Waals surface area contributed by atoms with E-state index in [0.29, 0.717) is 31.7 Å². The maximum absolute atomic E-state index is 12.9. The predicted molar refractivity (Wildman–Crippen MR) is 132 cm³/mol. The molecule has 1 fully saturated rings. The number of likely N-dealkylation sites (N-methyl/N-ethyl adjacent to an activating group) is 1. The summed E-state index contributed by atoms with van der Waals surface area (Å²) in [6, 6.07) is 10.8. The van der Waals surface area contributed by atoms with Gasteiger partial charge in [-0.1, -0.05) is 0 Å². The average Bonchev–Trinajstić information content (AvgIpc) is 3.06. The van der Waals surface area contributed by atoms with E-state index >= 15 is 0 Å². The van der Waals surface area contributed by atoms with Crippen LogP contribution in [-0.2, 0) is 9.59 Å². The van der Waals surface area contributed by atoms with Gasteiger partial charge in [0, 0.05) is 6.54 Å². The van der Waals surface area contributed by atoms with Crippen molar-refractivity contribution >= 4 is 63.2 Å². The van der Waals surface area contributed by atoms with Crippen molar-refractivity contribution in [2.45, 2.75) is 6.92 Å². The van der Waals surface area contributed by atoms with Crippen LogP contribution in [-0.4, -0.2) is 54.4 Å². The second kappa shape index (κ2) is 10.7. The summed E-state index contributed by atoms with van der Waals surface area (Å²) in [6.07, 6.45) is 1.76. The number of aliphatic carboxylic acids is 1. The van der Waals surface area contributed by atoms with Crippen molar-refractivity contribution in [1.82, 2.24) is 4.90 Å². The van der Waals surface area contributed by atoms with Gasteiger partial charge in [0.05, 0.1) is 28.4 Å². The molecule has 32 heavy (non-hydrogen) atoms. The third kappa shape index (κ3) is 5.54. The largest absolute Gasteiger partial charge is 0.497 e. The van der Waals surface area contributed by atoms with Crippen molar-refractivity contribution in [3.05, 3.63) is 50.4 Å². The lowest BCUT2D eigenvalue weighted by molar-refractivity contribution is -0.139. The minimum atomic E-state index is -1.08. The van der Waals surface area contributed by atoms with Crippen LogP contribution in [0.4, 0.5) is 5.69 Å². The van der Waals surface area contributed by atoms with Crippen molar-refractivity contribution in [3.63, 3.8) is 0 Å². The highest BCUT2D eigenvalue weighted by molar-refractivity contribution is 14.1. The zero-order chi connectivity index (χ0) is 23.3. The van der Waals surface area contributed by atoms with E-state index in [2.05, 4.69) is 4.99 Å². The summed E-state index contributed by atoms with van der Waals surface area (Å²) in [4.78, 5) is 30.5. The van der Waals surface area contributed by atoms with Gasteiger partial charge in [-0.3, -0.25) is 9.69 Å². The number of aliphatic imine (C=N–C) groups is 1. The number of nitrogens with zero attached hydrogens (tertiary/aromatic N) is 2. The van der Waals surface area contributed by atoms with Crippen LogP contribution in [0.15, 0.2) is 46.3 Å². The molecule has 1 amide bonds. The number of amidine groups is 1. The number of ether oxygens (including phenoxy) is 3. The third-order valence-electron chi connectivity index (χ3n) is 4.39. The monoisotopic (exact) mass is 568 g/mol. The van der Waals surface area contributed by atoms with Gasteiger partial charge in [-0.2, -0.15) is 0 Å². The Kier molecular flexibility index (Phi) is 8.02. The van der Waals surface area contributed by atoms with Gasteiger partial charge in [0.2, 0.25) is 0 Å². The Hall–Kier alpha value is -2.73. The third-order valence-corrected chi connectivity index (χ3v) is 6.20. The number of thioether (sulfide) groups is 1. The number of carboxylic acid groups (broad SMARTS) is 1. The molecular weight excluding hydrogens is 547 g/mol. The molecule has 1 saturated heterocycles. The first-order valence-electron chi connectivity index (χ1n) is 9.52. The number of carbonyl (C=O) groups is 2. The first kappa shape index (κ1) is 23.9. The van der Waals surface area contributed by atoms with Crippen molar-refractivity contribution < 1.29 is 28.9 Å². The van der Waals surface area contributed by atoms with E-state index < -0.39 is 12.6 Å². The van der Waals surface area contributed by atoms with Crippen LogP contribution in [0.1, 0.15) is 12.5 Å². The minimum Gasteiger partial charge on any atom is -0.497 e. The normalized spacial score (nSPS) is 16.0. The summed E-state index contributed by atoms with van der Waals surface area (Å²) in [5.74, 6) is 0.256. The van der Waals surface area contributed by atoms with Gasteiger partial charge in [-0.15, -0.1) is 0 Å².